The lowest BCUT2D eigenvalue weighted by Crippen LogP contribution is -2.41. The third-order valence-electron chi connectivity index (χ3n) is 4.13. The molecular weight excluding hydrogens is 228 g/mol. The van der Waals surface area contributed by atoms with Crippen LogP contribution >= 0.6 is 11.8 Å². The van der Waals surface area contributed by atoms with Crippen LogP contribution in [-0.4, -0.2) is 23.0 Å². The highest BCUT2D eigenvalue weighted by atomic mass is 32.2. The minimum Gasteiger partial charge on any atom is -0.362 e. The van der Waals surface area contributed by atoms with Gasteiger partial charge in [-0.25, -0.2) is 0 Å². The molecule has 0 bridgehead atoms. The van der Waals surface area contributed by atoms with Crippen LogP contribution in [0.3, 0.4) is 0 Å². The van der Waals surface area contributed by atoms with Crippen molar-refractivity contribution in [2.45, 2.75) is 65.0 Å². The Balaban J connectivity index is 1.93. The molecule has 1 heterocycles. The van der Waals surface area contributed by atoms with Gasteiger partial charge >= 0.3 is 0 Å². The van der Waals surface area contributed by atoms with Gasteiger partial charge in [0.05, 0.1) is 6.04 Å². The zero-order chi connectivity index (χ0) is 12.3. The summed E-state index contributed by atoms with van der Waals surface area (Å²) in [5.74, 6) is 2.72. The maximum Gasteiger partial charge on any atom is 0.157 e. The fourth-order valence-corrected chi connectivity index (χ4v) is 3.78. The molecule has 1 aliphatic carbocycles. The van der Waals surface area contributed by atoms with Crippen LogP contribution in [0.4, 0.5) is 0 Å². The smallest absolute Gasteiger partial charge is 0.157 e. The summed E-state index contributed by atoms with van der Waals surface area (Å²) in [4.78, 5) is 4.88. The molecule has 3 unspecified atom stereocenters. The number of hydrogen-bond donors (Lipinski definition) is 1. The lowest BCUT2D eigenvalue weighted by Gasteiger charge is -2.32. The van der Waals surface area contributed by atoms with Gasteiger partial charge in [0, 0.05) is 11.8 Å². The van der Waals surface area contributed by atoms with E-state index in [1.165, 1.54) is 43.0 Å². The van der Waals surface area contributed by atoms with Crippen LogP contribution in [-0.2, 0) is 0 Å². The molecule has 1 N–H and O–H groups in total. The molecular formula is C14H26N2S. The second kappa shape index (κ2) is 6.12. The molecule has 2 rings (SSSR count). The molecule has 2 nitrogen and oxygen atoms in total. The predicted molar refractivity (Wildman–Crippen MR) is 77.7 cm³/mol. The highest BCUT2D eigenvalue weighted by molar-refractivity contribution is 8.13. The highest BCUT2D eigenvalue weighted by Crippen LogP contribution is 2.26. The van der Waals surface area contributed by atoms with Gasteiger partial charge in [-0.05, 0) is 31.1 Å². The van der Waals surface area contributed by atoms with E-state index in [2.05, 4.69) is 26.1 Å². The Morgan fingerprint density at radius 3 is 2.71 bits per heavy atom. The average molecular weight is 254 g/mol. The van der Waals surface area contributed by atoms with Crippen LogP contribution in [0.2, 0.25) is 0 Å². The Hall–Kier alpha value is -0.180. The summed E-state index contributed by atoms with van der Waals surface area (Å²) < 4.78 is 0. The first-order valence-electron chi connectivity index (χ1n) is 7.14. The Morgan fingerprint density at radius 1 is 1.24 bits per heavy atom. The van der Waals surface area contributed by atoms with Crippen molar-refractivity contribution in [3.8, 4) is 0 Å². The summed E-state index contributed by atoms with van der Waals surface area (Å²) >= 11 is 1.92. The number of rotatable bonds is 2. The minimum atomic E-state index is 0.539. The van der Waals surface area contributed by atoms with Gasteiger partial charge in [-0.1, -0.05) is 45.4 Å². The number of nitrogens with zero attached hydrogens (tertiary/aromatic N) is 1. The number of nitrogens with one attached hydrogen (secondary N) is 1. The minimum absolute atomic E-state index is 0.539. The molecule has 0 aromatic rings. The molecule has 3 atom stereocenters. The zero-order valence-corrected chi connectivity index (χ0v) is 12.2. The summed E-state index contributed by atoms with van der Waals surface area (Å²) in [6.07, 6.45) is 6.74. The van der Waals surface area contributed by atoms with E-state index in [4.69, 9.17) is 4.99 Å². The van der Waals surface area contributed by atoms with Crippen LogP contribution in [0, 0.1) is 11.8 Å². The number of thioether (sulfide) groups is 1. The molecule has 2 aliphatic rings. The summed E-state index contributed by atoms with van der Waals surface area (Å²) in [6.45, 7) is 6.95. The second-order valence-electron chi connectivity index (χ2n) is 5.90. The zero-order valence-electron chi connectivity index (χ0n) is 11.4. The third-order valence-corrected chi connectivity index (χ3v) is 5.06. The lowest BCUT2D eigenvalue weighted by molar-refractivity contribution is 0.309. The van der Waals surface area contributed by atoms with Crippen LogP contribution in [0.1, 0.15) is 52.9 Å². The first kappa shape index (κ1) is 13.3. The maximum absolute atomic E-state index is 4.88. The molecule has 0 saturated heterocycles. The van der Waals surface area contributed by atoms with Gasteiger partial charge in [0.1, 0.15) is 0 Å². The van der Waals surface area contributed by atoms with E-state index in [1.807, 2.05) is 11.8 Å². The Morgan fingerprint density at radius 2 is 2.00 bits per heavy atom. The average Bonchev–Trinajstić information content (AvgIpc) is 2.32. The van der Waals surface area contributed by atoms with E-state index >= 15 is 0 Å². The molecule has 0 aromatic heterocycles. The van der Waals surface area contributed by atoms with Crippen molar-refractivity contribution in [1.29, 1.82) is 0 Å². The van der Waals surface area contributed by atoms with E-state index in [9.17, 15) is 0 Å². The molecule has 1 fully saturated rings. The molecule has 0 radical (unpaired) electrons. The van der Waals surface area contributed by atoms with Crippen LogP contribution in [0.25, 0.3) is 0 Å². The molecule has 17 heavy (non-hydrogen) atoms. The standard InChI is InChI=1S/C14H26N2S/c1-10(2)12-8-9-17-14(15-12)16-13-7-5-4-6-11(13)3/h10-13H,4-9H2,1-3H3,(H,15,16). The summed E-state index contributed by atoms with van der Waals surface area (Å²) in [6, 6.07) is 1.21. The van der Waals surface area contributed by atoms with Gasteiger partial charge in [-0.3, -0.25) is 4.99 Å². The first-order valence-corrected chi connectivity index (χ1v) is 8.12. The molecule has 0 spiro atoms. The van der Waals surface area contributed by atoms with Crippen LogP contribution < -0.4 is 5.32 Å². The number of aliphatic imine (C=N–C) groups is 1. The van der Waals surface area contributed by atoms with Gasteiger partial charge in [0.15, 0.2) is 5.17 Å². The van der Waals surface area contributed by atoms with Crippen molar-refractivity contribution in [3.05, 3.63) is 0 Å². The Labute approximate surface area is 110 Å². The van der Waals surface area contributed by atoms with Crippen molar-refractivity contribution in [3.63, 3.8) is 0 Å². The Bertz CT molecular complexity index is 275. The fourth-order valence-electron chi connectivity index (χ4n) is 2.78. The van der Waals surface area contributed by atoms with Gasteiger partial charge in [-0.2, -0.15) is 0 Å². The lowest BCUT2D eigenvalue weighted by atomic mass is 9.86. The Kier molecular flexibility index (Phi) is 4.78. The summed E-state index contributed by atoms with van der Waals surface area (Å²) in [7, 11) is 0. The van der Waals surface area contributed by atoms with Gasteiger partial charge in [0.2, 0.25) is 0 Å². The number of hydrogen-bond acceptors (Lipinski definition) is 3. The predicted octanol–water partition coefficient (Wildman–Crippen LogP) is 3.67. The summed E-state index contributed by atoms with van der Waals surface area (Å²) in [5.41, 5.74) is 0. The highest BCUT2D eigenvalue weighted by Gasteiger charge is 2.24. The SMILES string of the molecule is CC(C)C1CCSC(NC2CCCCC2C)=N1. The number of amidine groups is 1. The molecule has 1 saturated carbocycles. The third kappa shape index (κ3) is 3.64. The molecule has 1 aliphatic heterocycles. The van der Waals surface area contributed by atoms with Crippen molar-refractivity contribution in [2.75, 3.05) is 5.75 Å². The van der Waals surface area contributed by atoms with Gasteiger partial charge < -0.3 is 5.32 Å². The van der Waals surface area contributed by atoms with Gasteiger partial charge in [-0.15, -0.1) is 0 Å². The largest absolute Gasteiger partial charge is 0.362 e. The van der Waals surface area contributed by atoms with E-state index in [0.29, 0.717) is 18.0 Å². The van der Waals surface area contributed by atoms with Gasteiger partial charge in [0.25, 0.3) is 0 Å². The second-order valence-corrected chi connectivity index (χ2v) is 6.98. The topological polar surface area (TPSA) is 24.4 Å². The summed E-state index contributed by atoms with van der Waals surface area (Å²) in [5, 5.41) is 4.92. The maximum atomic E-state index is 4.88. The fraction of sp³-hybridized carbons (Fsp3) is 0.929. The van der Waals surface area contributed by atoms with E-state index in [0.717, 1.165) is 5.92 Å². The molecule has 3 heteroatoms. The van der Waals surface area contributed by atoms with Crippen molar-refractivity contribution in [2.24, 2.45) is 16.8 Å². The quantitative estimate of drug-likeness (QED) is 0.813. The van der Waals surface area contributed by atoms with Crippen molar-refractivity contribution >= 4 is 16.9 Å². The molecule has 0 aromatic carbocycles. The van der Waals surface area contributed by atoms with Crippen LogP contribution in [0.15, 0.2) is 4.99 Å². The van der Waals surface area contributed by atoms with E-state index < -0.39 is 0 Å². The molecule has 0 amide bonds. The normalized spacial score (nSPS) is 34.6. The van der Waals surface area contributed by atoms with E-state index in [1.54, 1.807) is 0 Å². The van der Waals surface area contributed by atoms with E-state index in [-0.39, 0.29) is 0 Å². The van der Waals surface area contributed by atoms with Crippen molar-refractivity contribution < 1.29 is 0 Å². The monoisotopic (exact) mass is 254 g/mol. The first-order chi connectivity index (χ1) is 8.16. The van der Waals surface area contributed by atoms with Crippen LogP contribution in [0.5, 0.6) is 0 Å². The molecule has 98 valence electrons. The van der Waals surface area contributed by atoms with Crippen molar-refractivity contribution in [1.82, 2.24) is 5.32 Å².